The number of rotatable bonds is 4. The van der Waals surface area contributed by atoms with Gasteiger partial charge in [0, 0.05) is 5.56 Å². The van der Waals surface area contributed by atoms with Gasteiger partial charge in [0.25, 0.3) is 0 Å². The molecule has 1 aromatic rings. The minimum absolute atomic E-state index is 0.0399. The lowest BCUT2D eigenvalue weighted by Gasteiger charge is -2.12. The lowest BCUT2D eigenvalue weighted by molar-refractivity contribution is -0.136. The second-order valence-corrected chi connectivity index (χ2v) is 3.46. The van der Waals surface area contributed by atoms with Gasteiger partial charge in [-0.05, 0) is 6.07 Å². The number of halogens is 2. The first kappa shape index (κ1) is 13.3. The monoisotopic (exact) mass is 259 g/mol. The third kappa shape index (κ3) is 3.32. The molecule has 0 saturated heterocycles. The van der Waals surface area contributed by atoms with Crippen molar-refractivity contribution < 1.29 is 23.4 Å². The first-order chi connectivity index (χ1) is 7.95. The fourth-order valence-electron chi connectivity index (χ4n) is 1.23. The van der Waals surface area contributed by atoms with E-state index >= 15 is 0 Å². The predicted molar refractivity (Wildman–Crippen MR) is 56.4 cm³/mol. The molecule has 0 radical (unpaired) electrons. The van der Waals surface area contributed by atoms with Crippen LogP contribution in [0.2, 0.25) is 0 Å². The highest BCUT2D eigenvalue weighted by Crippen LogP contribution is 2.32. The summed E-state index contributed by atoms with van der Waals surface area (Å²) in [6, 6.07) is 4.30. The van der Waals surface area contributed by atoms with Gasteiger partial charge in [-0.15, -0.1) is 12.6 Å². The van der Waals surface area contributed by atoms with Crippen LogP contribution in [0.5, 0.6) is 5.75 Å². The molecular formula is C10H7F2NO3S. The number of ether oxygens (including phenoxy) is 1. The molecule has 0 heterocycles. The fourth-order valence-corrected chi connectivity index (χ4v) is 1.55. The molecule has 0 amide bonds. The number of carboxylic acid groups (broad SMARTS) is 1. The van der Waals surface area contributed by atoms with Gasteiger partial charge in [-0.3, -0.25) is 4.79 Å². The molecule has 0 unspecified atom stereocenters. The first-order valence-electron chi connectivity index (χ1n) is 4.37. The van der Waals surface area contributed by atoms with Gasteiger partial charge in [-0.2, -0.15) is 14.0 Å². The Balaban J connectivity index is 3.26. The second-order valence-electron chi connectivity index (χ2n) is 3.01. The highest BCUT2D eigenvalue weighted by molar-refractivity contribution is 7.80. The lowest BCUT2D eigenvalue weighted by atomic mass is 10.1. The molecule has 7 heteroatoms. The van der Waals surface area contributed by atoms with Gasteiger partial charge in [0.2, 0.25) is 0 Å². The molecule has 0 fully saturated rings. The Morgan fingerprint density at radius 2 is 2.24 bits per heavy atom. The Kier molecular flexibility index (Phi) is 4.29. The summed E-state index contributed by atoms with van der Waals surface area (Å²) < 4.78 is 28.5. The van der Waals surface area contributed by atoms with Gasteiger partial charge < -0.3 is 9.84 Å². The molecular weight excluding hydrogens is 252 g/mol. The molecule has 0 bridgehead atoms. The fraction of sp³-hybridized carbons (Fsp3) is 0.200. The summed E-state index contributed by atoms with van der Waals surface area (Å²) >= 11 is 3.88. The van der Waals surface area contributed by atoms with Crippen molar-refractivity contribution in [2.75, 3.05) is 0 Å². The molecule has 0 aromatic heterocycles. The number of carbonyl (C=O) groups is 1. The SMILES string of the molecule is N#Cc1ccc(CC(=O)O)c(OC(F)F)c1S. The molecule has 0 atom stereocenters. The summed E-state index contributed by atoms with van der Waals surface area (Å²) in [6.45, 7) is -3.11. The summed E-state index contributed by atoms with van der Waals surface area (Å²) in [5, 5.41) is 17.3. The quantitative estimate of drug-likeness (QED) is 0.812. The van der Waals surface area contributed by atoms with E-state index in [1.54, 1.807) is 6.07 Å². The van der Waals surface area contributed by atoms with Crippen LogP contribution in [0, 0.1) is 11.3 Å². The van der Waals surface area contributed by atoms with Crippen LogP contribution in [0.25, 0.3) is 0 Å². The molecule has 0 aliphatic carbocycles. The minimum atomic E-state index is -3.11. The molecule has 1 rings (SSSR count). The van der Waals surface area contributed by atoms with Gasteiger partial charge in [-0.1, -0.05) is 6.07 Å². The molecule has 1 N–H and O–H groups in total. The van der Waals surface area contributed by atoms with E-state index in [4.69, 9.17) is 10.4 Å². The largest absolute Gasteiger partial charge is 0.481 e. The second kappa shape index (κ2) is 5.50. The van der Waals surface area contributed by atoms with Crippen LogP contribution < -0.4 is 4.74 Å². The molecule has 0 aliphatic heterocycles. The zero-order chi connectivity index (χ0) is 13.0. The summed E-state index contributed by atoms with van der Waals surface area (Å²) in [5.41, 5.74) is 0.0833. The lowest BCUT2D eigenvalue weighted by Crippen LogP contribution is -2.09. The van der Waals surface area contributed by atoms with Crippen LogP contribution in [-0.4, -0.2) is 17.7 Å². The highest BCUT2D eigenvalue weighted by atomic mass is 32.1. The summed E-state index contributed by atoms with van der Waals surface area (Å²) in [7, 11) is 0. The summed E-state index contributed by atoms with van der Waals surface area (Å²) in [6.07, 6.45) is -0.485. The Labute approximate surface area is 101 Å². The standard InChI is InChI=1S/C10H7F2NO3S/c11-10(12)16-8-5(3-7(14)15)1-2-6(4-13)9(8)17/h1-2,10,17H,3H2,(H,14,15). The highest BCUT2D eigenvalue weighted by Gasteiger charge is 2.17. The number of nitriles is 1. The third-order valence-electron chi connectivity index (χ3n) is 1.88. The average Bonchev–Trinajstić information content (AvgIpc) is 2.22. The van der Waals surface area contributed by atoms with E-state index in [-0.39, 0.29) is 21.8 Å². The first-order valence-corrected chi connectivity index (χ1v) is 4.82. The van der Waals surface area contributed by atoms with Crippen molar-refractivity contribution in [1.82, 2.24) is 0 Å². The maximum absolute atomic E-state index is 12.2. The Morgan fingerprint density at radius 3 is 2.71 bits per heavy atom. The summed E-state index contributed by atoms with van der Waals surface area (Å²) in [5.74, 6) is -1.56. The van der Waals surface area contributed by atoms with Gasteiger partial charge in [-0.25, -0.2) is 0 Å². The molecule has 0 saturated carbocycles. The van der Waals surface area contributed by atoms with Crippen LogP contribution in [-0.2, 0) is 11.2 Å². The van der Waals surface area contributed by atoms with Crippen LogP contribution in [0.4, 0.5) is 8.78 Å². The Morgan fingerprint density at radius 1 is 1.59 bits per heavy atom. The van der Waals surface area contributed by atoms with E-state index in [1.165, 1.54) is 12.1 Å². The van der Waals surface area contributed by atoms with E-state index in [2.05, 4.69) is 17.4 Å². The molecule has 0 aliphatic rings. The van der Waals surface area contributed by atoms with Crippen molar-refractivity contribution in [1.29, 1.82) is 5.26 Å². The summed E-state index contributed by atoms with van der Waals surface area (Å²) in [4.78, 5) is 10.4. The molecule has 0 spiro atoms. The van der Waals surface area contributed by atoms with E-state index < -0.39 is 19.0 Å². The topological polar surface area (TPSA) is 70.3 Å². The van der Waals surface area contributed by atoms with Crippen molar-refractivity contribution in [2.45, 2.75) is 17.9 Å². The van der Waals surface area contributed by atoms with Crippen molar-refractivity contribution in [3.63, 3.8) is 0 Å². The minimum Gasteiger partial charge on any atom is -0.481 e. The number of aliphatic carboxylic acids is 1. The molecule has 90 valence electrons. The number of benzene rings is 1. The van der Waals surface area contributed by atoms with E-state index in [1.807, 2.05) is 0 Å². The van der Waals surface area contributed by atoms with Crippen molar-refractivity contribution in [2.24, 2.45) is 0 Å². The zero-order valence-corrected chi connectivity index (χ0v) is 9.25. The zero-order valence-electron chi connectivity index (χ0n) is 8.35. The average molecular weight is 259 g/mol. The number of hydrogen-bond donors (Lipinski definition) is 2. The predicted octanol–water partition coefficient (Wildman–Crippen LogP) is 2.08. The molecule has 1 aromatic carbocycles. The van der Waals surface area contributed by atoms with Gasteiger partial charge >= 0.3 is 12.6 Å². The van der Waals surface area contributed by atoms with E-state index in [9.17, 15) is 13.6 Å². The number of hydrogen-bond acceptors (Lipinski definition) is 4. The molecule has 17 heavy (non-hydrogen) atoms. The van der Waals surface area contributed by atoms with Crippen molar-refractivity contribution in [3.05, 3.63) is 23.3 Å². The van der Waals surface area contributed by atoms with E-state index in [0.29, 0.717) is 0 Å². The van der Waals surface area contributed by atoms with Gasteiger partial charge in [0.1, 0.15) is 11.8 Å². The Hall–Kier alpha value is -1.81. The number of nitrogens with zero attached hydrogens (tertiary/aromatic N) is 1. The van der Waals surface area contributed by atoms with Crippen molar-refractivity contribution >= 4 is 18.6 Å². The number of alkyl halides is 2. The van der Waals surface area contributed by atoms with E-state index in [0.717, 1.165) is 0 Å². The smallest absolute Gasteiger partial charge is 0.387 e. The maximum Gasteiger partial charge on any atom is 0.387 e. The van der Waals surface area contributed by atoms with Crippen LogP contribution in [0.15, 0.2) is 17.0 Å². The van der Waals surface area contributed by atoms with Crippen LogP contribution >= 0.6 is 12.6 Å². The third-order valence-corrected chi connectivity index (χ3v) is 2.33. The van der Waals surface area contributed by atoms with Crippen LogP contribution in [0.1, 0.15) is 11.1 Å². The van der Waals surface area contributed by atoms with Crippen LogP contribution in [0.3, 0.4) is 0 Å². The van der Waals surface area contributed by atoms with Crippen molar-refractivity contribution in [3.8, 4) is 11.8 Å². The normalized spacial score (nSPS) is 10.1. The van der Waals surface area contributed by atoms with Gasteiger partial charge in [0.15, 0.2) is 0 Å². The number of carboxylic acids is 1. The van der Waals surface area contributed by atoms with Gasteiger partial charge in [0.05, 0.1) is 16.9 Å². The Bertz CT molecular complexity index is 485. The maximum atomic E-state index is 12.2. The number of thiol groups is 1. The molecule has 4 nitrogen and oxygen atoms in total.